The van der Waals surface area contributed by atoms with Gasteiger partial charge in [0.2, 0.25) is 0 Å². The van der Waals surface area contributed by atoms with Crippen LogP contribution in [-0.4, -0.2) is 41.0 Å². The van der Waals surface area contributed by atoms with Gasteiger partial charge in [-0.1, -0.05) is 26.0 Å². The summed E-state index contributed by atoms with van der Waals surface area (Å²) in [5.41, 5.74) is 1.12. The molecule has 1 aromatic carbocycles. The van der Waals surface area contributed by atoms with E-state index in [4.69, 9.17) is 5.11 Å². The number of nitrogens with zero attached hydrogens (tertiary/aromatic N) is 1. The Kier molecular flexibility index (Phi) is 6.78. The van der Waals surface area contributed by atoms with Crippen LogP contribution in [-0.2, 0) is 0 Å². The van der Waals surface area contributed by atoms with Gasteiger partial charge in [-0.25, -0.2) is 4.79 Å². The molecule has 2 N–H and O–H groups in total. The first-order chi connectivity index (χ1) is 11.0. The minimum absolute atomic E-state index is 0.00355. The van der Waals surface area contributed by atoms with Crippen molar-refractivity contribution in [3.05, 3.63) is 29.8 Å². The molecule has 2 rings (SSSR count). The molecule has 1 atom stereocenters. The first-order valence-corrected chi connectivity index (χ1v) is 9.30. The van der Waals surface area contributed by atoms with Crippen molar-refractivity contribution < 1.29 is 9.90 Å². The lowest BCUT2D eigenvalue weighted by atomic mass is 9.98. The van der Waals surface area contributed by atoms with E-state index in [1.807, 2.05) is 23.6 Å². The average Bonchev–Trinajstić information content (AvgIpc) is 2.55. The summed E-state index contributed by atoms with van der Waals surface area (Å²) in [6.07, 6.45) is 1.78. The minimum atomic E-state index is -0.00507. The summed E-state index contributed by atoms with van der Waals surface area (Å²) < 4.78 is 0. The number of hydrogen-bond donors (Lipinski definition) is 2. The smallest absolute Gasteiger partial charge is 0.317 e. The molecular formula is C18H28N2O2S. The predicted octanol–water partition coefficient (Wildman–Crippen LogP) is 3.66. The molecule has 1 fully saturated rings. The molecule has 23 heavy (non-hydrogen) atoms. The van der Waals surface area contributed by atoms with E-state index in [1.165, 1.54) is 4.90 Å². The molecule has 0 bridgehead atoms. The monoisotopic (exact) mass is 336 g/mol. The van der Waals surface area contributed by atoms with E-state index >= 15 is 0 Å². The molecule has 0 aliphatic carbocycles. The molecule has 1 saturated heterocycles. The normalized spacial score (nSPS) is 17.3. The van der Waals surface area contributed by atoms with Crippen LogP contribution in [0.3, 0.4) is 0 Å². The third kappa shape index (κ3) is 5.43. The molecule has 1 aliphatic rings. The molecule has 1 aliphatic heterocycles. The number of aliphatic hydroxyl groups excluding tert-OH is 1. The lowest BCUT2D eigenvalue weighted by Crippen LogP contribution is -2.45. The number of likely N-dealkylation sites (tertiary alicyclic amines) is 1. The Balaban J connectivity index is 1.86. The van der Waals surface area contributed by atoms with E-state index in [0.717, 1.165) is 31.5 Å². The van der Waals surface area contributed by atoms with E-state index in [1.54, 1.807) is 0 Å². The molecule has 0 spiro atoms. The molecule has 0 saturated carbocycles. The van der Waals surface area contributed by atoms with E-state index < -0.39 is 0 Å². The molecule has 1 unspecified atom stereocenters. The zero-order valence-corrected chi connectivity index (χ0v) is 15.1. The third-order valence-electron chi connectivity index (χ3n) is 4.25. The van der Waals surface area contributed by atoms with Gasteiger partial charge in [0.05, 0.1) is 6.04 Å². The van der Waals surface area contributed by atoms with E-state index in [0.29, 0.717) is 11.2 Å². The number of amides is 2. The number of rotatable bonds is 5. The summed E-state index contributed by atoms with van der Waals surface area (Å²) >= 11 is 1.84. The van der Waals surface area contributed by atoms with Gasteiger partial charge in [0.1, 0.15) is 0 Å². The molecule has 5 heteroatoms. The molecule has 2 amide bonds. The van der Waals surface area contributed by atoms with Crippen molar-refractivity contribution in [3.63, 3.8) is 0 Å². The summed E-state index contributed by atoms with van der Waals surface area (Å²) in [4.78, 5) is 15.4. The number of carbonyl (C=O) groups excluding carboxylic acids is 1. The van der Waals surface area contributed by atoms with Gasteiger partial charge in [0.25, 0.3) is 0 Å². The van der Waals surface area contributed by atoms with E-state index in [2.05, 4.69) is 43.4 Å². The van der Waals surface area contributed by atoms with Gasteiger partial charge in [-0.05, 0) is 43.4 Å². The molecule has 0 radical (unpaired) electrons. The lowest BCUT2D eigenvalue weighted by molar-refractivity contribution is 0.136. The van der Waals surface area contributed by atoms with Crippen LogP contribution >= 0.6 is 11.8 Å². The van der Waals surface area contributed by atoms with Crippen LogP contribution in [0.2, 0.25) is 0 Å². The number of nitrogens with one attached hydrogen (secondary N) is 1. The van der Waals surface area contributed by atoms with Crippen LogP contribution in [0.15, 0.2) is 29.2 Å². The molecule has 1 aromatic rings. The van der Waals surface area contributed by atoms with Crippen molar-refractivity contribution in [3.8, 4) is 0 Å². The fourth-order valence-corrected chi connectivity index (χ4v) is 3.62. The van der Waals surface area contributed by atoms with Crippen molar-refractivity contribution >= 4 is 17.8 Å². The van der Waals surface area contributed by atoms with Gasteiger partial charge in [-0.2, -0.15) is 0 Å². The van der Waals surface area contributed by atoms with Crippen LogP contribution in [0, 0.1) is 5.92 Å². The molecule has 128 valence electrons. The van der Waals surface area contributed by atoms with Gasteiger partial charge < -0.3 is 15.3 Å². The summed E-state index contributed by atoms with van der Waals surface area (Å²) in [6, 6.07) is 8.41. The molecule has 0 aromatic heterocycles. The average molecular weight is 337 g/mol. The Morgan fingerprint density at radius 1 is 1.26 bits per heavy atom. The van der Waals surface area contributed by atoms with Gasteiger partial charge in [-0.15, -0.1) is 11.8 Å². The highest BCUT2D eigenvalue weighted by Gasteiger charge is 2.23. The predicted molar refractivity (Wildman–Crippen MR) is 95.8 cm³/mol. The molecule has 4 nitrogen and oxygen atoms in total. The van der Waals surface area contributed by atoms with Gasteiger partial charge >= 0.3 is 6.03 Å². The number of aliphatic hydroxyl groups is 1. The van der Waals surface area contributed by atoms with Crippen LogP contribution < -0.4 is 5.32 Å². The second-order valence-electron chi connectivity index (χ2n) is 6.52. The standard InChI is InChI=1S/C18H28N2O2S/c1-13(2)23-17-6-4-16(5-7-17)14(3)19-18(22)20-10-8-15(12-21)9-11-20/h4-7,13-15,21H,8-12H2,1-3H3,(H,19,22). The Morgan fingerprint density at radius 2 is 1.87 bits per heavy atom. The summed E-state index contributed by atoms with van der Waals surface area (Å²) in [5.74, 6) is 0.350. The van der Waals surface area contributed by atoms with Crippen LogP contribution in [0.4, 0.5) is 4.79 Å². The molecule has 1 heterocycles. The van der Waals surface area contributed by atoms with Crippen molar-refractivity contribution in [1.82, 2.24) is 10.2 Å². The second kappa shape index (κ2) is 8.60. The number of hydrogen-bond acceptors (Lipinski definition) is 3. The van der Waals surface area contributed by atoms with E-state index in [9.17, 15) is 4.79 Å². The SMILES string of the molecule is CC(C)Sc1ccc(C(C)NC(=O)N2CCC(CO)CC2)cc1. The quantitative estimate of drug-likeness (QED) is 0.807. The van der Waals surface area contributed by atoms with Crippen molar-refractivity contribution in [2.75, 3.05) is 19.7 Å². The number of urea groups is 1. The largest absolute Gasteiger partial charge is 0.396 e. The third-order valence-corrected chi connectivity index (χ3v) is 5.27. The van der Waals surface area contributed by atoms with Crippen molar-refractivity contribution in [2.24, 2.45) is 5.92 Å². The first kappa shape index (κ1) is 18.1. The summed E-state index contributed by atoms with van der Waals surface area (Å²) in [6.45, 7) is 8.07. The highest BCUT2D eigenvalue weighted by atomic mass is 32.2. The Morgan fingerprint density at radius 3 is 2.39 bits per heavy atom. The second-order valence-corrected chi connectivity index (χ2v) is 8.17. The fourth-order valence-electron chi connectivity index (χ4n) is 2.79. The topological polar surface area (TPSA) is 52.6 Å². The molecular weight excluding hydrogens is 308 g/mol. The van der Waals surface area contributed by atoms with Gasteiger partial charge in [-0.3, -0.25) is 0 Å². The maximum atomic E-state index is 12.3. The van der Waals surface area contributed by atoms with Crippen molar-refractivity contribution in [2.45, 2.75) is 49.8 Å². The van der Waals surface area contributed by atoms with Crippen LogP contribution in [0.1, 0.15) is 45.2 Å². The van der Waals surface area contributed by atoms with Crippen LogP contribution in [0.25, 0.3) is 0 Å². The lowest BCUT2D eigenvalue weighted by Gasteiger charge is -2.32. The highest BCUT2D eigenvalue weighted by Crippen LogP contribution is 2.24. The minimum Gasteiger partial charge on any atom is -0.396 e. The van der Waals surface area contributed by atoms with Crippen molar-refractivity contribution in [1.29, 1.82) is 0 Å². The number of carbonyl (C=O) groups is 1. The maximum absolute atomic E-state index is 12.3. The first-order valence-electron chi connectivity index (χ1n) is 8.42. The number of piperidine rings is 1. The maximum Gasteiger partial charge on any atom is 0.317 e. The fraction of sp³-hybridized carbons (Fsp3) is 0.611. The number of benzene rings is 1. The highest BCUT2D eigenvalue weighted by molar-refractivity contribution is 7.99. The Hall–Kier alpha value is -1.20. The zero-order valence-electron chi connectivity index (χ0n) is 14.3. The zero-order chi connectivity index (χ0) is 16.8. The van der Waals surface area contributed by atoms with Gasteiger partial charge in [0.15, 0.2) is 0 Å². The number of thioether (sulfide) groups is 1. The summed E-state index contributed by atoms with van der Waals surface area (Å²) in [7, 11) is 0. The van der Waals surface area contributed by atoms with E-state index in [-0.39, 0.29) is 18.7 Å². The van der Waals surface area contributed by atoms with Gasteiger partial charge in [0, 0.05) is 29.8 Å². The summed E-state index contributed by atoms with van der Waals surface area (Å²) in [5, 5.41) is 12.8. The Bertz CT molecular complexity index is 496. The Labute approximate surface area is 143 Å². The van der Waals surface area contributed by atoms with Crippen LogP contribution in [0.5, 0.6) is 0 Å².